The Kier molecular flexibility index (Phi) is 3.71. The maximum absolute atomic E-state index is 12.2. The van der Waals surface area contributed by atoms with Crippen LogP contribution in [0.4, 0.5) is 5.69 Å². The second kappa shape index (κ2) is 5.79. The van der Waals surface area contributed by atoms with E-state index in [0.29, 0.717) is 4.70 Å². The van der Waals surface area contributed by atoms with E-state index in [9.17, 15) is 9.90 Å². The van der Waals surface area contributed by atoms with Gasteiger partial charge in [-0.05, 0) is 53.3 Å². The fourth-order valence-electron chi connectivity index (χ4n) is 3.59. The summed E-state index contributed by atoms with van der Waals surface area (Å²) >= 11 is 1.42. The first-order chi connectivity index (χ1) is 11.7. The number of hydrogen-bond donors (Lipinski definition) is 3. The van der Waals surface area contributed by atoms with Crippen LogP contribution in [-0.4, -0.2) is 16.6 Å². The number of aromatic amines is 1. The van der Waals surface area contributed by atoms with Crippen LogP contribution in [0.2, 0.25) is 0 Å². The van der Waals surface area contributed by atoms with Crippen LogP contribution in [0.3, 0.4) is 0 Å². The predicted molar refractivity (Wildman–Crippen MR) is 106 cm³/mol. The van der Waals surface area contributed by atoms with E-state index in [1.165, 1.54) is 16.9 Å². The molecule has 4 nitrogen and oxygen atoms in total. The van der Waals surface area contributed by atoms with Crippen molar-refractivity contribution < 1.29 is 5.11 Å². The summed E-state index contributed by atoms with van der Waals surface area (Å²) in [5.74, 6) is 0.230. The van der Waals surface area contributed by atoms with Gasteiger partial charge in [-0.1, -0.05) is 6.07 Å². The molecule has 25 heavy (non-hydrogen) atoms. The molecular formula is C19H15ClN2O2S. The number of hydrogen-bond acceptors (Lipinski definition) is 4. The Bertz CT molecular complexity index is 1180. The van der Waals surface area contributed by atoms with Gasteiger partial charge < -0.3 is 15.4 Å². The Morgan fingerprint density at radius 3 is 2.88 bits per heavy atom. The van der Waals surface area contributed by atoms with E-state index in [-0.39, 0.29) is 23.7 Å². The Balaban J connectivity index is 0.00000157. The summed E-state index contributed by atoms with van der Waals surface area (Å²) in [6.07, 6.45) is 0.986. The molecular weight excluding hydrogens is 356 g/mol. The van der Waals surface area contributed by atoms with Crippen LogP contribution in [-0.2, 0) is 6.42 Å². The first-order valence-electron chi connectivity index (χ1n) is 7.85. The molecule has 0 bridgehead atoms. The Morgan fingerprint density at radius 2 is 2.00 bits per heavy atom. The third kappa shape index (κ3) is 2.31. The van der Waals surface area contributed by atoms with Gasteiger partial charge in [-0.25, -0.2) is 0 Å². The van der Waals surface area contributed by atoms with Crippen LogP contribution >= 0.6 is 23.7 Å². The van der Waals surface area contributed by atoms with Gasteiger partial charge >= 0.3 is 0 Å². The fourth-order valence-corrected chi connectivity index (χ4v) is 4.38. The molecule has 0 aliphatic carbocycles. The van der Waals surface area contributed by atoms with E-state index in [1.807, 2.05) is 17.5 Å². The lowest BCUT2D eigenvalue weighted by Gasteiger charge is -2.12. The first-order valence-corrected chi connectivity index (χ1v) is 8.73. The summed E-state index contributed by atoms with van der Waals surface area (Å²) in [6.45, 7) is 0.947. The highest BCUT2D eigenvalue weighted by molar-refractivity contribution is 7.17. The third-order valence-electron chi connectivity index (χ3n) is 4.68. The van der Waals surface area contributed by atoms with Crippen molar-refractivity contribution in [2.75, 3.05) is 11.9 Å². The zero-order chi connectivity index (χ0) is 16.3. The van der Waals surface area contributed by atoms with Crippen LogP contribution < -0.4 is 10.9 Å². The van der Waals surface area contributed by atoms with Gasteiger partial charge in [-0.3, -0.25) is 4.79 Å². The number of nitrogens with one attached hydrogen (secondary N) is 2. The second-order valence-corrected chi connectivity index (χ2v) is 6.96. The van der Waals surface area contributed by atoms with Gasteiger partial charge in [0.05, 0.1) is 0 Å². The molecule has 0 spiro atoms. The van der Waals surface area contributed by atoms with Gasteiger partial charge in [0.15, 0.2) is 0 Å². The van der Waals surface area contributed by atoms with Gasteiger partial charge in [0.25, 0.3) is 5.56 Å². The summed E-state index contributed by atoms with van der Waals surface area (Å²) in [6, 6.07) is 11.6. The van der Waals surface area contributed by atoms with Crippen LogP contribution in [0.1, 0.15) is 5.56 Å². The number of aromatic nitrogens is 1. The molecule has 1 aliphatic rings. The molecule has 2 aromatic carbocycles. The summed E-state index contributed by atoms with van der Waals surface area (Å²) in [5.41, 5.74) is 4.84. The summed E-state index contributed by atoms with van der Waals surface area (Å²) in [7, 11) is 0. The van der Waals surface area contributed by atoms with Crippen LogP contribution in [0, 0.1) is 0 Å². The van der Waals surface area contributed by atoms with E-state index < -0.39 is 0 Å². The molecule has 1 aliphatic heterocycles. The number of halogens is 1. The first kappa shape index (κ1) is 16.0. The molecule has 0 saturated heterocycles. The number of thiophene rings is 1. The molecule has 126 valence electrons. The Labute approximate surface area is 153 Å². The average molecular weight is 371 g/mol. The lowest BCUT2D eigenvalue weighted by Crippen LogP contribution is -2.04. The molecule has 3 N–H and O–H groups in total. The standard InChI is InChI=1S/C19H14N2O2S.ClH/c22-15-4-3-14-17(12-6-8-24-18(12)19(23)21-14)16(15)11-1-2-13-10(9-11)5-7-20-13;/h1-4,6,8-9,20,22H,5,7H2,(H,21,23);1H. The van der Waals surface area contributed by atoms with Crippen molar-refractivity contribution in [1.29, 1.82) is 0 Å². The second-order valence-electron chi connectivity index (χ2n) is 6.05. The molecule has 3 heterocycles. The number of H-pyrrole nitrogens is 1. The molecule has 5 rings (SSSR count). The highest BCUT2D eigenvalue weighted by Gasteiger charge is 2.17. The smallest absolute Gasteiger partial charge is 0.266 e. The molecule has 0 amide bonds. The zero-order valence-electron chi connectivity index (χ0n) is 13.1. The van der Waals surface area contributed by atoms with Crippen molar-refractivity contribution in [3.63, 3.8) is 0 Å². The van der Waals surface area contributed by atoms with Gasteiger partial charge in [-0.2, -0.15) is 0 Å². The molecule has 6 heteroatoms. The van der Waals surface area contributed by atoms with E-state index >= 15 is 0 Å². The number of phenolic OH excluding ortho intramolecular Hbond substituents is 1. The summed E-state index contributed by atoms with van der Waals surface area (Å²) in [5, 5.41) is 17.6. The lowest BCUT2D eigenvalue weighted by atomic mass is 9.95. The highest BCUT2D eigenvalue weighted by Crippen LogP contribution is 2.41. The van der Waals surface area contributed by atoms with E-state index in [2.05, 4.69) is 22.4 Å². The monoisotopic (exact) mass is 370 g/mol. The van der Waals surface area contributed by atoms with Crippen molar-refractivity contribution in [3.05, 3.63) is 57.7 Å². The van der Waals surface area contributed by atoms with Crippen molar-refractivity contribution in [3.8, 4) is 16.9 Å². The van der Waals surface area contributed by atoms with Gasteiger partial charge in [0.1, 0.15) is 10.4 Å². The number of rotatable bonds is 1. The van der Waals surface area contributed by atoms with Crippen LogP contribution in [0.15, 0.2) is 46.6 Å². The number of benzene rings is 2. The van der Waals surface area contributed by atoms with Crippen molar-refractivity contribution in [2.45, 2.75) is 6.42 Å². The van der Waals surface area contributed by atoms with Crippen molar-refractivity contribution in [2.24, 2.45) is 0 Å². The number of aromatic hydroxyl groups is 1. The van der Waals surface area contributed by atoms with E-state index in [0.717, 1.165) is 46.1 Å². The molecule has 0 atom stereocenters. The maximum atomic E-state index is 12.2. The third-order valence-corrected chi connectivity index (χ3v) is 5.59. The van der Waals surface area contributed by atoms with Crippen LogP contribution in [0.25, 0.3) is 32.1 Å². The largest absolute Gasteiger partial charge is 0.507 e. The molecule has 4 aromatic rings. The Morgan fingerprint density at radius 1 is 1.12 bits per heavy atom. The average Bonchev–Trinajstić information content (AvgIpc) is 3.24. The SMILES string of the molecule is Cl.O=c1[nH]c2ccc(O)c(-c3ccc4c(c3)CCN4)c2c2ccsc12. The van der Waals surface area contributed by atoms with Crippen molar-refractivity contribution >= 4 is 50.4 Å². The van der Waals surface area contributed by atoms with Gasteiger partial charge in [0.2, 0.25) is 0 Å². The topological polar surface area (TPSA) is 65.1 Å². The molecule has 0 unspecified atom stereocenters. The maximum Gasteiger partial charge on any atom is 0.266 e. The molecule has 0 saturated carbocycles. The molecule has 0 radical (unpaired) electrons. The highest BCUT2D eigenvalue weighted by atomic mass is 35.5. The predicted octanol–water partition coefficient (Wildman–Crippen LogP) is 4.51. The molecule has 2 aromatic heterocycles. The van der Waals surface area contributed by atoms with E-state index in [4.69, 9.17) is 0 Å². The zero-order valence-corrected chi connectivity index (χ0v) is 14.8. The molecule has 0 fully saturated rings. The number of pyridine rings is 1. The number of fused-ring (bicyclic) bond motifs is 4. The quantitative estimate of drug-likeness (QED) is 0.462. The Hall–Kier alpha value is -2.50. The van der Waals surface area contributed by atoms with Crippen LogP contribution in [0.5, 0.6) is 5.75 Å². The minimum atomic E-state index is -0.0812. The van der Waals surface area contributed by atoms with Gasteiger partial charge in [0, 0.05) is 34.1 Å². The summed E-state index contributed by atoms with van der Waals surface area (Å²) < 4.78 is 0.692. The number of phenols is 1. The minimum Gasteiger partial charge on any atom is -0.507 e. The van der Waals surface area contributed by atoms with E-state index in [1.54, 1.807) is 12.1 Å². The normalized spacial score (nSPS) is 12.8. The summed E-state index contributed by atoms with van der Waals surface area (Å²) in [4.78, 5) is 15.2. The lowest BCUT2D eigenvalue weighted by molar-refractivity contribution is 0.478. The van der Waals surface area contributed by atoms with Crippen molar-refractivity contribution in [1.82, 2.24) is 4.98 Å². The number of anilines is 1. The fraction of sp³-hybridized carbons (Fsp3) is 0.105. The van der Waals surface area contributed by atoms with Gasteiger partial charge in [-0.15, -0.1) is 23.7 Å². The minimum absolute atomic E-state index is 0.